The smallest absolute Gasteiger partial charge is 0.497 e. The molecular weight excluding hydrogens is 526 g/mol. The SMILES string of the molecule is CCN(C(=O)Cn1nc(-c2cc(C#N)cc(OC)c2)c2oc(C3CC3)cc2c1=O)c1ccc2c(c1)OC(F)(F)O2. The molecule has 6 rings (SSSR count). The van der Waals surface area contributed by atoms with Crippen LogP contribution in [0, 0.1) is 11.3 Å². The summed E-state index contributed by atoms with van der Waals surface area (Å²) in [5, 5.41) is 14.3. The summed E-state index contributed by atoms with van der Waals surface area (Å²) in [5.74, 6) is 0.426. The first-order valence-corrected chi connectivity index (χ1v) is 12.5. The number of rotatable bonds is 7. The fourth-order valence-electron chi connectivity index (χ4n) is 4.70. The summed E-state index contributed by atoms with van der Waals surface area (Å²) in [7, 11) is 1.47. The van der Waals surface area contributed by atoms with Gasteiger partial charge in [-0.15, -0.1) is 8.78 Å². The van der Waals surface area contributed by atoms with Gasteiger partial charge < -0.3 is 23.5 Å². The van der Waals surface area contributed by atoms with Gasteiger partial charge in [0.05, 0.1) is 24.1 Å². The van der Waals surface area contributed by atoms with E-state index in [1.165, 1.54) is 30.2 Å². The van der Waals surface area contributed by atoms with E-state index < -0.39 is 24.3 Å². The van der Waals surface area contributed by atoms with Crippen LogP contribution in [0.4, 0.5) is 14.5 Å². The number of likely N-dealkylation sites (N-methyl/N-ethyl adjacent to an activating group) is 1. The van der Waals surface area contributed by atoms with Gasteiger partial charge >= 0.3 is 6.29 Å². The fraction of sp³-hybridized carbons (Fsp3) is 0.286. The van der Waals surface area contributed by atoms with Crippen molar-refractivity contribution in [3.8, 4) is 34.6 Å². The minimum Gasteiger partial charge on any atom is -0.497 e. The van der Waals surface area contributed by atoms with Crippen molar-refractivity contribution in [1.82, 2.24) is 9.78 Å². The molecule has 12 heteroatoms. The molecule has 1 fully saturated rings. The average molecular weight is 549 g/mol. The Balaban J connectivity index is 1.41. The first kappa shape index (κ1) is 25.4. The zero-order valence-corrected chi connectivity index (χ0v) is 21.4. The predicted octanol–water partition coefficient (Wildman–Crippen LogP) is 4.79. The molecular formula is C28H22F2N4O6. The number of furan rings is 1. The van der Waals surface area contributed by atoms with E-state index >= 15 is 0 Å². The second-order valence-electron chi connectivity index (χ2n) is 9.48. The number of nitrogens with zero attached hydrogens (tertiary/aromatic N) is 4. The van der Waals surface area contributed by atoms with Crippen LogP contribution in [0.3, 0.4) is 0 Å². The van der Waals surface area contributed by atoms with Gasteiger partial charge in [-0.2, -0.15) is 10.4 Å². The number of hydrogen-bond donors (Lipinski definition) is 0. The maximum Gasteiger partial charge on any atom is 0.586 e. The third kappa shape index (κ3) is 4.49. The largest absolute Gasteiger partial charge is 0.586 e. The Kier molecular flexibility index (Phi) is 5.94. The molecule has 1 saturated carbocycles. The number of ether oxygens (including phenoxy) is 3. The standard InChI is InChI=1S/C28H22F2N4O6/c1-3-33(18-6-7-21-23(11-18)40-28(29,30)39-21)24(35)14-34-27(36)20-12-22(16-4-5-16)38-26(20)25(32-34)17-8-15(13-31)9-19(10-17)37-2/h6-12,16H,3-5,14H2,1-2H3. The molecule has 0 spiro atoms. The van der Waals surface area contributed by atoms with E-state index in [1.807, 2.05) is 0 Å². The molecule has 1 aliphatic heterocycles. The molecule has 2 aliphatic rings. The van der Waals surface area contributed by atoms with E-state index in [9.17, 15) is 23.6 Å². The van der Waals surface area contributed by atoms with E-state index in [1.54, 1.807) is 31.2 Å². The predicted molar refractivity (Wildman–Crippen MR) is 138 cm³/mol. The van der Waals surface area contributed by atoms with Gasteiger partial charge in [-0.3, -0.25) is 9.59 Å². The number of amides is 1. The number of anilines is 1. The molecule has 1 aliphatic carbocycles. The van der Waals surface area contributed by atoms with Crippen LogP contribution in [0.15, 0.2) is 51.7 Å². The van der Waals surface area contributed by atoms with Crippen molar-refractivity contribution in [2.45, 2.75) is 38.5 Å². The van der Waals surface area contributed by atoms with Gasteiger partial charge in [0.15, 0.2) is 17.1 Å². The highest BCUT2D eigenvalue weighted by Crippen LogP contribution is 2.44. The first-order chi connectivity index (χ1) is 19.2. The number of methoxy groups -OCH3 is 1. The van der Waals surface area contributed by atoms with Gasteiger partial charge in [0.1, 0.15) is 23.7 Å². The highest BCUT2D eigenvalue weighted by atomic mass is 19.3. The molecule has 0 radical (unpaired) electrons. The Morgan fingerprint density at radius 1 is 1.20 bits per heavy atom. The van der Waals surface area contributed by atoms with Crippen LogP contribution in [0.25, 0.3) is 22.2 Å². The molecule has 0 N–H and O–H groups in total. The zero-order chi connectivity index (χ0) is 28.2. The molecule has 2 aromatic carbocycles. The summed E-state index contributed by atoms with van der Waals surface area (Å²) in [6.07, 6.45) is -1.90. The molecule has 40 heavy (non-hydrogen) atoms. The van der Waals surface area contributed by atoms with E-state index in [0.717, 1.165) is 17.5 Å². The van der Waals surface area contributed by atoms with Gasteiger partial charge in [-0.05, 0) is 56.2 Å². The highest BCUT2D eigenvalue weighted by molar-refractivity contribution is 5.94. The van der Waals surface area contributed by atoms with Crippen LogP contribution in [-0.4, -0.2) is 35.6 Å². The number of carbonyl (C=O) groups is 1. The second kappa shape index (κ2) is 9.37. The molecule has 204 valence electrons. The van der Waals surface area contributed by atoms with Crippen LogP contribution < -0.4 is 24.7 Å². The van der Waals surface area contributed by atoms with E-state index in [4.69, 9.17) is 9.15 Å². The zero-order valence-electron chi connectivity index (χ0n) is 21.4. The van der Waals surface area contributed by atoms with Crippen molar-refractivity contribution in [3.63, 3.8) is 0 Å². The lowest BCUT2D eigenvalue weighted by atomic mass is 10.1. The average Bonchev–Trinajstić information content (AvgIpc) is 3.60. The summed E-state index contributed by atoms with van der Waals surface area (Å²) in [6.45, 7) is 1.44. The number of alkyl halides is 2. The van der Waals surface area contributed by atoms with Crippen LogP contribution in [-0.2, 0) is 11.3 Å². The number of aromatic nitrogens is 2. The normalized spacial score (nSPS) is 15.2. The van der Waals surface area contributed by atoms with Crippen LogP contribution in [0.2, 0.25) is 0 Å². The Bertz CT molecular complexity index is 1770. The fourth-order valence-corrected chi connectivity index (χ4v) is 4.70. The Morgan fingerprint density at radius 3 is 2.67 bits per heavy atom. The molecule has 2 aromatic heterocycles. The van der Waals surface area contributed by atoms with E-state index in [-0.39, 0.29) is 46.3 Å². The molecule has 1 amide bonds. The van der Waals surface area contributed by atoms with Gasteiger partial charge in [-0.1, -0.05) is 0 Å². The van der Waals surface area contributed by atoms with Crippen molar-refractivity contribution in [2.24, 2.45) is 0 Å². The van der Waals surface area contributed by atoms with Crippen LogP contribution >= 0.6 is 0 Å². The van der Waals surface area contributed by atoms with Crippen molar-refractivity contribution >= 4 is 22.6 Å². The summed E-state index contributed by atoms with van der Waals surface area (Å²) in [4.78, 5) is 28.3. The van der Waals surface area contributed by atoms with Gasteiger partial charge in [-0.25, -0.2) is 4.68 Å². The monoisotopic (exact) mass is 548 g/mol. The maximum atomic E-state index is 13.5. The molecule has 0 saturated heterocycles. The lowest BCUT2D eigenvalue weighted by Crippen LogP contribution is -2.37. The molecule has 0 unspecified atom stereocenters. The number of halogens is 2. The third-order valence-corrected chi connectivity index (χ3v) is 6.78. The van der Waals surface area contributed by atoms with Crippen LogP contribution in [0.1, 0.15) is 37.0 Å². The topological polar surface area (TPSA) is 120 Å². The Labute approximate surface area is 225 Å². The summed E-state index contributed by atoms with van der Waals surface area (Å²) in [5.41, 5.74) is 1.09. The number of nitriles is 1. The number of fused-ring (bicyclic) bond motifs is 2. The number of carbonyl (C=O) groups excluding carboxylic acids is 1. The van der Waals surface area contributed by atoms with Crippen molar-refractivity contribution in [3.05, 3.63) is 64.1 Å². The summed E-state index contributed by atoms with van der Waals surface area (Å²) in [6, 6.07) is 12.6. The number of hydrogen-bond acceptors (Lipinski definition) is 8. The molecule has 10 nitrogen and oxygen atoms in total. The maximum absolute atomic E-state index is 13.5. The van der Waals surface area contributed by atoms with Crippen molar-refractivity contribution < 1.29 is 32.2 Å². The minimum atomic E-state index is -3.79. The molecule has 0 atom stereocenters. The first-order valence-electron chi connectivity index (χ1n) is 12.5. The second-order valence-corrected chi connectivity index (χ2v) is 9.48. The van der Waals surface area contributed by atoms with E-state index in [0.29, 0.717) is 22.6 Å². The Hall–Kier alpha value is -4.92. The molecule has 4 aromatic rings. The van der Waals surface area contributed by atoms with Crippen molar-refractivity contribution in [2.75, 3.05) is 18.6 Å². The third-order valence-electron chi connectivity index (χ3n) is 6.78. The van der Waals surface area contributed by atoms with Gasteiger partial charge in [0, 0.05) is 29.8 Å². The molecule has 3 heterocycles. The van der Waals surface area contributed by atoms with Crippen molar-refractivity contribution in [1.29, 1.82) is 5.26 Å². The van der Waals surface area contributed by atoms with Crippen LogP contribution in [0.5, 0.6) is 17.2 Å². The van der Waals surface area contributed by atoms with E-state index in [2.05, 4.69) is 20.6 Å². The minimum absolute atomic E-state index is 0.147. The lowest BCUT2D eigenvalue weighted by Gasteiger charge is -2.21. The summed E-state index contributed by atoms with van der Waals surface area (Å²) >= 11 is 0. The van der Waals surface area contributed by atoms with Gasteiger partial charge in [0.2, 0.25) is 5.91 Å². The number of benzene rings is 2. The lowest BCUT2D eigenvalue weighted by molar-refractivity contribution is -0.286. The molecule has 0 bridgehead atoms. The quantitative estimate of drug-likeness (QED) is 0.323. The highest BCUT2D eigenvalue weighted by Gasteiger charge is 2.43. The Morgan fingerprint density at radius 2 is 1.98 bits per heavy atom. The summed E-state index contributed by atoms with van der Waals surface area (Å²) < 4.78 is 48.4. The van der Waals surface area contributed by atoms with Gasteiger partial charge in [0.25, 0.3) is 5.56 Å².